The van der Waals surface area contributed by atoms with Gasteiger partial charge in [0.1, 0.15) is 5.82 Å². The minimum absolute atomic E-state index is 0.543. The summed E-state index contributed by atoms with van der Waals surface area (Å²) in [6.45, 7) is 0.697. The molecule has 0 unspecified atom stereocenters. The van der Waals surface area contributed by atoms with Crippen molar-refractivity contribution in [1.29, 1.82) is 0 Å². The molecule has 5 heteroatoms. The lowest BCUT2D eigenvalue weighted by Crippen LogP contribution is -2.05. The van der Waals surface area contributed by atoms with Crippen molar-refractivity contribution in [3.63, 3.8) is 0 Å². The zero-order valence-corrected chi connectivity index (χ0v) is 14.7. The average molecular weight is 361 g/mol. The van der Waals surface area contributed by atoms with Gasteiger partial charge in [0.15, 0.2) is 0 Å². The van der Waals surface area contributed by atoms with E-state index in [2.05, 4.69) is 32.7 Å². The number of fused-ring (bicyclic) bond motifs is 1. The number of aromatic nitrogens is 2. The highest BCUT2D eigenvalue weighted by molar-refractivity contribution is 6.30. The van der Waals surface area contributed by atoms with Crippen LogP contribution < -0.4 is 10.6 Å². The Labute approximate surface area is 156 Å². The number of benzene rings is 3. The van der Waals surface area contributed by atoms with Crippen molar-refractivity contribution in [1.82, 2.24) is 9.97 Å². The van der Waals surface area contributed by atoms with Crippen molar-refractivity contribution in [3.8, 4) is 0 Å². The third-order valence-electron chi connectivity index (χ3n) is 4.01. The lowest BCUT2D eigenvalue weighted by atomic mass is 10.2. The highest BCUT2D eigenvalue weighted by atomic mass is 35.5. The molecular formula is C21H17ClN4. The Morgan fingerprint density at radius 3 is 2.31 bits per heavy atom. The van der Waals surface area contributed by atoms with Gasteiger partial charge in [-0.05, 0) is 42.0 Å². The van der Waals surface area contributed by atoms with Crippen LogP contribution in [-0.2, 0) is 6.54 Å². The highest BCUT2D eigenvalue weighted by Gasteiger charge is 2.08. The predicted octanol–water partition coefficient (Wildman–Crippen LogP) is 5.64. The molecule has 4 aromatic rings. The molecule has 0 bridgehead atoms. The van der Waals surface area contributed by atoms with Gasteiger partial charge < -0.3 is 10.6 Å². The summed E-state index contributed by atoms with van der Waals surface area (Å²) in [6, 6.07) is 25.7. The topological polar surface area (TPSA) is 49.8 Å². The summed E-state index contributed by atoms with van der Waals surface area (Å²) >= 11 is 5.95. The molecule has 0 aliphatic rings. The molecule has 128 valence electrons. The van der Waals surface area contributed by atoms with E-state index in [0.29, 0.717) is 17.5 Å². The summed E-state index contributed by atoms with van der Waals surface area (Å²) in [7, 11) is 0. The fraction of sp³-hybridized carbons (Fsp3) is 0.0476. The third kappa shape index (κ3) is 3.76. The molecule has 0 fully saturated rings. The molecule has 26 heavy (non-hydrogen) atoms. The zero-order valence-electron chi connectivity index (χ0n) is 14.0. The fourth-order valence-electron chi connectivity index (χ4n) is 2.71. The van der Waals surface area contributed by atoms with Crippen LogP contribution in [0.25, 0.3) is 10.9 Å². The fourth-order valence-corrected chi connectivity index (χ4v) is 2.84. The van der Waals surface area contributed by atoms with Crippen LogP contribution in [0.4, 0.5) is 17.5 Å². The highest BCUT2D eigenvalue weighted by Crippen LogP contribution is 2.24. The van der Waals surface area contributed by atoms with Gasteiger partial charge in [0.25, 0.3) is 0 Å². The Hall–Kier alpha value is -3.11. The van der Waals surface area contributed by atoms with Crippen LogP contribution >= 0.6 is 11.6 Å². The van der Waals surface area contributed by atoms with Crippen LogP contribution in [0.1, 0.15) is 5.56 Å². The largest absolute Gasteiger partial charge is 0.365 e. The molecule has 1 heterocycles. The Kier molecular flexibility index (Phi) is 4.67. The van der Waals surface area contributed by atoms with Crippen LogP contribution in [-0.4, -0.2) is 9.97 Å². The number of nitrogens with zero attached hydrogens (tertiary/aromatic N) is 2. The lowest BCUT2D eigenvalue weighted by molar-refractivity contribution is 1.10. The maximum absolute atomic E-state index is 5.95. The average Bonchev–Trinajstić information content (AvgIpc) is 2.69. The van der Waals surface area contributed by atoms with Gasteiger partial charge in [-0.25, -0.2) is 4.98 Å². The van der Waals surface area contributed by atoms with Gasteiger partial charge in [-0.2, -0.15) is 4.98 Å². The molecule has 1 aromatic heterocycles. The standard InChI is InChI=1S/C21H17ClN4/c22-16-10-12-17(13-11-16)24-21-25-19-9-5-4-8-18(19)20(26-21)23-14-15-6-2-1-3-7-15/h1-13H,14H2,(H2,23,24,25,26). The van der Waals surface area contributed by atoms with Gasteiger partial charge in [-0.3, -0.25) is 0 Å². The van der Waals surface area contributed by atoms with Crippen molar-refractivity contribution in [2.24, 2.45) is 0 Å². The van der Waals surface area contributed by atoms with E-state index in [1.807, 2.05) is 66.7 Å². The molecule has 0 radical (unpaired) electrons. The molecule has 0 amide bonds. The van der Waals surface area contributed by atoms with Gasteiger partial charge in [-0.1, -0.05) is 54.1 Å². The van der Waals surface area contributed by atoms with E-state index in [4.69, 9.17) is 11.6 Å². The lowest BCUT2D eigenvalue weighted by Gasteiger charge is -2.12. The van der Waals surface area contributed by atoms with Crippen molar-refractivity contribution in [3.05, 3.63) is 89.4 Å². The molecule has 0 spiro atoms. The minimum atomic E-state index is 0.543. The first-order chi connectivity index (χ1) is 12.8. The normalized spacial score (nSPS) is 10.7. The number of anilines is 3. The zero-order chi connectivity index (χ0) is 17.8. The molecule has 0 saturated carbocycles. The second-order valence-electron chi connectivity index (χ2n) is 5.88. The van der Waals surface area contributed by atoms with Crippen LogP contribution in [0, 0.1) is 0 Å². The summed E-state index contributed by atoms with van der Waals surface area (Å²) in [6.07, 6.45) is 0. The first kappa shape index (κ1) is 16.4. The summed E-state index contributed by atoms with van der Waals surface area (Å²) < 4.78 is 0. The number of halogens is 1. The van der Waals surface area contributed by atoms with E-state index in [1.165, 1.54) is 5.56 Å². The van der Waals surface area contributed by atoms with Gasteiger partial charge in [0, 0.05) is 22.6 Å². The molecule has 2 N–H and O–H groups in total. The first-order valence-corrected chi connectivity index (χ1v) is 8.73. The predicted molar refractivity (Wildman–Crippen MR) is 108 cm³/mol. The van der Waals surface area contributed by atoms with Crippen LogP contribution in [0.15, 0.2) is 78.9 Å². The molecule has 0 aliphatic carbocycles. The number of hydrogen-bond acceptors (Lipinski definition) is 4. The van der Waals surface area contributed by atoms with E-state index in [0.717, 1.165) is 22.4 Å². The number of para-hydroxylation sites is 1. The van der Waals surface area contributed by atoms with Gasteiger partial charge >= 0.3 is 0 Å². The van der Waals surface area contributed by atoms with Gasteiger partial charge in [-0.15, -0.1) is 0 Å². The van der Waals surface area contributed by atoms with E-state index in [1.54, 1.807) is 0 Å². The van der Waals surface area contributed by atoms with E-state index >= 15 is 0 Å². The van der Waals surface area contributed by atoms with Crippen molar-refractivity contribution in [2.45, 2.75) is 6.54 Å². The number of hydrogen-bond donors (Lipinski definition) is 2. The third-order valence-corrected chi connectivity index (χ3v) is 4.26. The molecule has 0 atom stereocenters. The van der Waals surface area contributed by atoms with Crippen molar-refractivity contribution in [2.75, 3.05) is 10.6 Å². The minimum Gasteiger partial charge on any atom is -0.365 e. The molecule has 4 nitrogen and oxygen atoms in total. The second-order valence-corrected chi connectivity index (χ2v) is 6.32. The molecule has 3 aromatic carbocycles. The Morgan fingerprint density at radius 1 is 0.769 bits per heavy atom. The van der Waals surface area contributed by atoms with Crippen molar-refractivity contribution < 1.29 is 0 Å². The maximum Gasteiger partial charge on any atom is 0.229 e. The first-order valence-electron chi connectivity index (χ1n) is 8.35. The van der Waals surface area contributed by atoms with E-state index in [-0.39, 0.29) is 0 Å². The molecule has 0 saturated heterocycles. The number of nitrogens with one attached hydrogen (secondary N) is 2. The van der Waals surface area contributed by atoms with Gasteiger partial charge in [0.2, 0.25) is 5.95 Å². The van der Waals surface area contributed by atoms with Crippen molar-refractivity contribution >= 4 is 40.0 Å². The molecule has 4 rings (SSSR count). The summed E-state index contributed by atoms with van der Waals surface area (Å²) in [4.78, 5) is 9.28. The van der Waals surface area contributed by atoms with Crippen LogP contribution in [0.2, 0.25) is 5.02 Å². The maximum atomic E-state index is 5.95. The quantitative estimate of drug-likeness (QED) is 0.483. The van der Waals surface area contributed by atoms with Gasteiger partial charge in [0.05, 0.1) is 5.52 Å². The van der Waals surface area contributed by atoms with Crippen LogP contribution in [0.3, 0.4) is 0 Å². The Bertz CT molecular complexity index is 1020. The Morgan fingerprint density at radius 2 is 1.50 bits per heavy atom. The number of rotatable bonds is 5. The summed E-state index contributed by atoms with van der Waals surface area (Å²) in [5, 5.41) is 8.35. The summed E-state index contributed by atoms with van der Waals surface area (Å²) in [5.74, 6) is 1.34. The molecule has 0 aliphatic heterocycles. The van der Waals surface area contributed by atoms with E-state index in [9.17, 15) is 0 Å². The SMILES string of the molecule is Clc1ccc(Nc2nc(NCc3ccccc3)c3ccccc3n2)cc1. The van der Waals surface area contributed by atoms with Crippen LogP contribution in [0.5, 0.6) is 0 Å². The smallest absolute Gasteiger partial charge is 0.229 e. The Balaban J connectivity index is 1.65. The molecular weight excluding hydrogens is 344 g/mol. The second kappa shape index (κ2) is 7.42. The van der Waals surface area contributed by atoms with E-state index < -0.39 is 0 Å². The summed E-state index contributed by atoms with van der Waals surface area (Å²) in [5.41, 5.74) is 2.97. The monoisotopic (exact) mass is 360 g/mol.